The van der Waals surface area contributed by atoms with Gasteiger partial charge in [-0.3, -0.25) is 0 Å². The summed E-state index contributed by atoms with van der Waals surface area (Å²) >= 11 is 3.46. The van der Waals surface area contributed by atoms with Gasteiger partial charge in [0.1, 0.15) is 0 Å². The van der Waals surface area contributed by atoms with E-state index >= 15 is 0 Å². The zero-order chi connectivity index (χ0) is 11.8. The van der Waals surface area contributed by atoms with Gasteiger partial charge in [-0.25, -0.2) is 4.79 Å². The molecular formula is C11H20BrNO2. The second-order valence-corrected chi connectivity index (χ2v) is 4.13. The molecule has 0 radical (unpaired) electrons. The lowest BCUT2D eigenvalue weighted by Crippen LogP contribution is -2.41. The van der Waals surface area contributed by atoms with Gasteiger partial charge in [0, 0.05) is 13.1 Å². The highest BCUT2D eigenvalue weighted by Gasteiger charge is 2.24. The number of piperidine rings is 1. The largest absolute Gasteiger partial charge is 0.450 e. The number of hydrogen-bond acceptors (Lipinski definition) is 2. The first kappa shape index (κ1) is 14.5. The van der Waals surface area contributed by atoms with E-state index in [9.17, 15) is 4.79 Å². The Morgan fingerprint density at radius 1 is 1.67 bits per heavy atom. The highest BCUT2D eigenvalue weighted by atomic mass is 79.9. The van der Waals surface area contributed by atoms with Crippen LogP contribution in [0.15, 0.2) is 12.2 Å². The van der Waals surface area contributed by atoms with Crippen LogP contribution in [0.1, 0.15) is 27.2 Å². The van der Waals surface area contributed by atoms with Crippen molar-refractivity contribution in [2.45, 2.75) is 32.0 Å². The molecule has 1 fully saturated rings. The number of likely N-dealkylation sites (tertiary alicyclic amines) is 1. The maximum absolute atomic E-state index is 11.3. The molecule has 0 saturated carbocycles. The topological polar surface area (TPSA) is 29.5 Å². The van der Waals surface area contributed by atoms with Crippen LogP contribution < -0.4 is 0 Å². The summed E-state index contributed by atoms with van der Waals surface area (Å²) in [4.78, 5) is 13.2. The van der Waals surface area contributed by atoms with E-state index < -0.39 is 0 Å². The molecule has 4 heteroatoms. The normalized spacial score (nSPS) is 20.4. The summed E-state index contributed by atoms with van der Waals surface area (Å²) in [6.45, 7) is 11.5. The van der Waals surface area contributed by atoms with Crippen LogP contribution in [-0.2, 0) is 4.74 Å². The predicted molar refractivity (Wildman–Crippen MR) is 66.4 cm³/mol. The molecule has 0 aromatic rings. The zero-order valence-electron chi connectivity index (χ0n) is 9.75. The van der Waals surface area contributed by atoms with Crippen molar-refractivity contribution < 1.29 is 9.53 Å². The van der Waals surface area contributed by atoms with E-state index in [-0.39, 0.29) is 10.9 Å². The smallest absolute Gasteiger partial charge is 0.409 e. The number of amides is 1. The molecule has 1 atom stereocenters. The van der Waals surface area contributed by atoms with Crippen LogP contribution in [0.4, 0.5) is 4.79 Å². The monoisotopic (exact) mass is 277 g/mol. The average Bonchev–Trinajstić information content (AvgIpc) is 2.25. The molecule has 1 aliphatic heterocycles. The summed E-state index contributed by atoms with van der Waals surface area (Å²) in [5, 5.41) is 0. The molecule has 1 aliphatic rings. The summed E-state index contributed by atoms with van der Waals surface area (Å²) in [6.07, 6.45) is 0.633. The first-order valence-corrected chi connectivity index (χ1v) is 6.30. The highest BCUT2D eigenvalue weighted by Crippen LogP contribution is 2.21. The van der Waals surface area contributed by atoms with Crippen LogP contribution in [0.5, 0.6) is 0 Å². The molecule has 0 aliphatic carbocycles. The molecule has 0 N–H and O–H groups in total. The number of nitrogens with zero attached hydrogens (tertiary/aromatic N) is 1. The van der Waals surface area contributed by atoms with Crippen LogP contribution in [0.3, 0.4) is 0 Å². The molecule has 1 rings (SSSR count). The maximum atomic E-state index is 11.3. The van der Waals surface area contributed by atoms with Crippen molar-refractivity contribution in [3.8, 4) is 0 Å². The maximum Gasteiger partial charge on any atom is 0.409 e. The molecular weight excluding hydrogens is 258 g/mol. The van der Waals surface area contributed by atoms with Crippen LogP contribution in [-0.4, -0.2) is 35.5 Å². The third-order valence-electron chi connectivity index (χ3n) is 2.05. The number of carbonyl (C=O) groups excluding carboxylic acids is 1. The fraction of sp³-hybridized carbons (Fsp3) is 0.727. The van der Waals surface area contributed by atoms with E-state index in [4.69, 9.17) is 4.74 Å². The van der Waals surface area contributed by atoms with Crippen molar-refractivity contribution in [3.05, 3.63) is 12.2 Å². The van der Waals surface area contributed by atoms with E-state index in [1.807, 2.05) is 20.8 Å². The van der Waals surface area contributed by atoms with Gasteiger partial charge in [0.15, 0.2) is 0 Å². The summed E-state index contributed by atoms with van der Waals surface area (Å²) in [6, 6.07) is 0. The number of alkyl halides is 1. The summed E-state index contributed by atoms with van der Waals surface area (Å²) in [5.74, 6) is 0. The molecule has 1 amide bonds. The summed E-state index contributed by atoms with van der Waals surface area (Å²) < 4.78 is 4.90. The Labute approximate surface area is 101 Å². The average molecular weight is 278 g/mol. The molecule has 3 nitrogen and oxygen atoms in total. The van der Waals surface area contributed by atoms with Gasteiger partial charge < -0.3 is 9.64 Å². The molecule has 0 aromatic carbocycles. The Kier molecular flexibility index (Phi) is 7.48. The molecule has 15 heavy (non-hydrogen) atoms. The highest BCUT2D eigenvalue weighted by molar-refractivity contribution is 9.09. The van der Waals surface area contributed by atoms with E-state index in [0.29, 0.717) is 13.2 Å². The van der Waals surface area contributed by atoms with E-state index in [1.165, 1.54) is 0 Å². The Hall–Kier alpha value is -0.510. The molecule has 0 aromatic heterocycles. The summed E-state index contributed by atoms with van der Waals surface area (Å²) in [7, 11) is 0. The van der Waals surface area contributed by atoms with Gasteiger partial charge >= 0.3 is 6.09 Å². The zero-order valence-corrected chi connectivity index (χ0v) is 11.3. The Bertz CT molecular complexity index is 219. The Morgan fingerprint density at radius 2 is 2.27 bits per heavy atom. The molecule has 88 valence electrons. The number of halogens is 1. The van der Waals surface area contributed by atoms with Crippen molar-refractivity contribution >= 4 is 22.0 Å². The van der Waals surface area contributed by atoms with Crippen LogP contribution in [0, 0.1) is 0 Å². The third-order valence-corrected chi connectivity index (χ3v) is 2.99. The minimum Gasteiger partial charge on any atom is -0.450 e. The van der Waals surface area contributed by atoms with Crippen molar-refractivity contribution in [1.29, 1.82) is 0 Å². The van der Waals surface area contributed by atoms with Crippen LogP contribution in [0.2, 0.25) is 0 Å². The molecule has 1 saturated heterocycles. The molecule has 0 spiro atoms. The fourth-order valence-electron chi connectivity index (χ4n) is 1.23. The molecule has 1 unspecified atom stereocenters. The lowest BCUT2D eigenvalue weighted by atomic mass is 10.1. The van der Waals surface area contributed by atoms with Crippen molar-refractivity contribution in [2.75, 3.05) is 19.7 Å². The van der Waals surface area contributed by atoms with Crippen LogP contribution in [0.25, 0.3) is 0 Å². The Morgan fingerprint density at radius 3 is 2.73 bits per heavy atom. The van der Waals surface area contributed by atoms with Gasteiger partial charge in [-0.1, -0.05) is 41.9 Å². The first-order valence-electron chi connectivity index (χ1n) is 5.38. The van der Waals surface area contributed by atoms with Gasteiger partial charge in [0.2, 0.25) is 0 Å². The van der Waals surface area contributed by atoms with Gasteiger partial charge in [-0.15, -0.1) is 0 Å². The second kappa shape index (κ2) is 7.74. The van der Waals surface area contributed by atoms with E-state index in [1.54, 1.807) is 4.90 Å². The van der Waals surface area contributed by atoms with Gasteiger partial charge in [0.05, 0.1) is 11.4 Å². The van der Waals surface area contributed by atoms with Crippen molar-refractivity contribution in [3.63, 3.8) is 0 Å². The number of rotatable bonds is 1. The van der Waals surface area contributed by atoms with Crippen molar-refractivity contribution in [1.82, 2.24) is 4.90 Å². The minimum absolute atomic E-state index is 0.214. The standard InChI is InChI=1S/C9H14BrNO2.C2H6/c1-3-13-9(12)11-5-4-7(2)8(10)6-11;1-2/h8H,2-6H2,1H3;1-2H3. The van der Waals surface area contributed by atoms with E-state index in [0.717, 1.165) is 18.5 Å². The van der Waals surface area contributed by atoms with Crippen LogP contribution >= 0.6 is 15.9 Å². The lowest BCUT2D eigenvalue weighted by molar-refractivity contribution is 0.105. The van der Waals surface area contributed by atoms with Gasteiger partial charge in [0.25, 0.3) is 0 Å². The predicted octanol–water partition coefficient (Wildman–Crippen LogP) is 3.19. The quantitative estimate of drug-likeness (QED) is 0.544. The Balaban J connectivity index is 0.000000921. The number of carbonyl (C=O) groups is 1. The summed E-state index contributed by atoms with van der Waals surface area (Å²) in [5.41, 5.74) is 1.15. The van der Waals surface area contributed by atoms with Gasteiger partial charge in [-0.05, 0) is 13.3 Å². The lowest BCUT2D eigenvalue weighted by Gasteiger charge is -2.30. The molecule has 1 heterocycles. The van der Waals surface area contributed by atoms with Gasteiger partial charge in [-0.2, -0.15) is 0 Å². The van der Waals surface area contributed by atoms with E-state index in [2.05, 4.69) is 22.5 Å². The fourth-order valence-corrected chi connectivity index (χ4v) is 1.81. The third kappa shape index (κ3) is 4.69. The SMILES string of the molecule is C=C1CCN(C(=O)OCC)CC1Br.CC. The minimum atomic E-state index is -0.223. The number of ether oxygens (including phenoxy) is 1. The van der Waals surface area contributed by atoms with Crippen molar-refractivity contribution in [2.24, 2.45) is 0 Å². The first-order chi connectivity index (χ1) is 7.15. The molecule has 0 bridgehead atoms. The second-order valence-electron chi connectivity index (χ2n) is 3.02. The number of hydrogen-bond donors (Lipinski definition) is 0.